The van der Waals surface area contributed by atoms with Crippen molar-refractivity contribution in [1.82, 2.24) is 0 Å². The van der Waals surface area contributed by atoms with E-state index in [0.29, 0.717) is 34.4 Å². The summed E-state index contributed by atoms with van der Waals surface area (Å²) < 4.78 is 0. The van der Waals surface area contributed by atoms with Gasteiger partial charge in [-0.05, 0) is 110 Å². The van der Waals surface area contributed by atoms with Crippen molar-refractivity contribution in [2.24, 2.45) is 63.6 Å². The molecule has 0 heterocycles. The van der Waals surface area contributed by atoms with Crippen molar-refractivity contribution in [3.8, 4) is 0 Å². The van der Waals surface area contributed by atoms with Gasteiger partial charge in [0.05, 0.1) is 0 Å². The van der Waals surface area contributed by atoms with E-state index in [1.54, 1.807) is 0 Å². The van der Waals surface area contributed by atoms with Gasteiger partial charge in [0.15, 0.2) is 0 Å². The van der Waals surface area contributed by atoms with Crippen LogP contribution in [0.2, 0.25) is 0 Å². The summed E-state index contributed by atoms with van der Waals surface area (Å²) in [6, 6.07) is 0. The molecule has 0 saturated heterocycles. The molecule has 30 heavy (non-hydrogen) atoms. The second-order valence-electron chi connectivity index (χ2n) is 13.1. The van der Waals surface area contributed by atoms with Crippen molar-refractivity contribution >= 4 is 5.78 Å². The van der Waals surface area contributed by atoms with E-state index in [4.69, 9.17) is 0 Å². The Morgan fingerprint density at radius 3 is 2.43 bits per heavy atom. The number of carbonyl (C=O) groups excluding carboxylic acids is 1. The van der Waals surface area contributed by atoms with Crippen molar-refractivity contribution in [3.05, 3.63) is 12.2 Å². The fourth-order valence-corrected chi connectivity index (χ4v) is 10.2. The number of carbonyl (C=O) groups is 1. The highest BCUT2D eigenvalue weighted by molar-refractivity contribution is 5.91. The average molecular weight is 411 g/mol. The van der Waals surface area contributed by atoms with E-state index in [9.17, 15) is 4.79 Å². The number of allylic oxidation sites excluding steroid dienone is 2. The van der Waals surface area contributed by atoms with Crippen LogP contribution in [0, 0.1) is 63.6 Å². The number of hydrogen-bond donors (Lipinski definition) is 0. The molecule has 1 heteroatoms. The number of hydrogen-bond acceptors (Lipinski definition) is 1. The molecule has 5 saturated carbocycles. The number of ketones is 1. The van der Waals surface area contributed by atoms with Gasteiger partial charge >= 0.3 is 0 Å². The number of Topliss-reactive ketones (excluding diaryl/α,β-unsaturated/α-hetero) is 1. The minimum atomic E-state index is 0.141. The molecule has 0 amide bonds. The largest absolute Gasteiger partial charge is 0.299 e. The molecule has 0 unspecified atom stereocenters. The summed E-state index contributed by atoms with van der Waals surface area (Å²) in [5.74, 6) is 6.69. The zero-order valence-corrected chi connectivity index (χ0v) is 20.5. The van der Waals surface area contributed by atoms with Crippen LogP contribution in [-0.4, -0.2) is 5.78 Å². The fraction of sp³-hybridized carbons (Fsp3) is 0.897. The molecule has 5 rings (SSSR count). The predicted octanol–water partition coefficient (Wildman–Crippen LogP) is 7.70. The standard InChI is InChI=1S/C29H46O/c1-7-20(18(2)3)9-8-19(4)23-10-11-24-22-16-26(30)29-17-21(29)12-15-28(29,6)25(22)13-14-27(23,24)5/h8-9,18-25H,7,10-17H2,1-6H3/b9-8+/t19-,20-,21+,22+,23-,24+,25+,27-,28-,29+/m1/s1. The van der Waals surface area contributed by atoms with Gasteiger partial charge in [0.25, 0.3) is 0 Å². The van der Waals surface area contributed by atoms with Crippen LogP contribution in [0.1, 0.15) is 99.3 Å². The molecule has 5 fully saturated rings. The van der Waals surface area contributed by atoms with Crippen LogP contribution in [0.3, 0.4) is 0 Å². The van der Waals surface area contributed by atoms with Gasteiger partial charge in [0.1, 0.15) is 5.78 Å². The van der Waals surface area contributed by atoms with Crippen LogP contribution in [0.15, 0.2) is 12.2 Å². The first kappa shape index (κ1) is 21.3. The van der Waals surface area contributed by atoms with Gasteiger partial charge < -0.3 is 0 Å². The van der Waals surface area contributed by atoms with Crippen LogP contribution < -0.4 is 0 Å². The summed E-state index contributed by atoms with van der Waals surface area (Å²) in [6.07, 6.45) is 16.8. The first-order valence-corrected chi connectivity index (χ1v) is 13.4. The van der Waals surface area contributed by atoms with Crippen molar-refractivity contribution in [2.45, 2.75) is 99.3 Å². The van der Waals surface area contributed by atoms with Crippen LogP contribution in [-0.2, 0) is 4.79 Å². The van der Waals surface area contributed by atoms with Gasteiger partial charge in [-0.15, -0.1) is 0 Å². The molecular weight excluding hydrogens is 364 g/mol. The first-order valence-electron chi connectivity index (χ1n) is 13.4. The maximum Gasteiger partial charge on any atom is 0.140 e. The second kappa shape index (κ2) is 6.95. The van der Waals surface area contributed by atoms with E-state index in [-0.39, 0.29) is 5.41 Å². The molecule has 0 aliphatic heterocycles. The van der Waals surface area contributed by atoms with E-state index in [2.05, 4.69) is 53.7 Å². The summed E-state index contributed by atoms with van der Waals surface area (Å²) in [4.78, 5) is 13.5. The smallest absolute Gasteiger partial charge is 0.140 e. The average Bonchev–Trinajstić information content (AvgIpc) is 3.22. The fourth-order valence-electron chi connectivity index (χ4n) is 10.2. The van der Waals surface area contributed by atoms with Crippen molar-refractivity contribution in [3.63, 3.8) is 0 Å². The Morgan fingerprint density at radius 2 is 1.77 bits per heavy atom. The van der Waals surface area contributed by atoms with Crippen molar-refractivity contribution in [1.29, 1.82) is 0 Å². The molecule has 0 aromatic heterocycles. The van der Waals surface area contributed by atoms with Gasteiger partial charge in [-0.3, -0.25) is 4.79 Å². The van der Waals surface area contributed by atoms with Crippen LogP contribution >= 0.6 is 0 Å². The lowest BCUT2D eigenvalue weighted by Crippen LogP contribution is -2.55. The van der Waals surface area contributed by atoms with Crippen molar-refractivity contribution in [2.75, 3.05) is 0 Å². The Balaban J connectivity index is 1.37. The van der Waals surface area contributed by atoms with Gasteiger partial charge in [0.2, 0.25) is 0 Å². The van der Waals surface area contributed by atoms with Gasteiger partial charge in [-0.25, -0.2) is 0 Å². The molecule has 0 bridgehead atoms. The molecule has 1 nitrogen and oxygen atoms in total. The van der Waals surface area contributed by atoms with E-state index in [1.165, 1.54) is 51.4 Å². The third-order valence-electron chi connectivity index (χ3n) is 12.0. The summed E-state index contributed by atoms with van der Waals surface area (Å²) in [6.45, 7) is 14.7. The molecule has 168 valence electrons. The number of rotatable bonds is 5. The molecule has 0 aromatic rings. The first-order chi connectivity index (χ1) is 14.2. The normalized spacial score (nSPS) is 51.4. The predicted molar refractivity (Wildman–Crippen MR) is 125 cm³/mol. The molecule has 0 aromatic carbocycles. The summed E-state index contributed by atoms with van der Waals surface area (Å²) in [5.41, 5.74) is 0.934. The maximum atomic E-state index is 13.5. The van der Waals surface area contributed by atoms with E-state index in [1.807, 2.05) is 0 Å². The number of fused-ring (bicyclic) bond motifs is 4. The molecular formula is C29H46O. The molecule has 10 atom stereocenters. The lowest BCUT2D eigenvalue weighted by molar-refractivity contribution is -0.151. The second-order valence-corrected chi connectivity index (χ2v) is 13.1. The molecule has 0 radical (unpaired) electrons. The van der Waals surface area contributed by atoms with Gasteiger partial charge in [-0.2, -0.15) is 0 Å². The topological polar surface area (TPSA) is 17.1 Å². The Morgan fingerprint density at radius 1 is 1.00 bits per heavy atom. The Hall–Kier alpha value is -0.590. The quantitative estimate of drug-likeness (QED) is 0.424. The maximum absolute atomic E-state index is 13.5. The van der Waals surface area contributed by atoms with Crippen LogP contribution in [0.4, 0.5) is 0 Å². The highest BCUT2D eigenvalue weighted by atomic mass is 16.1. The Bertz CT molecular complexity index is 735. The third kappa shape index (κ3) is 2.62. The summed E-state index contributed by atoms with van der Waals surface area (Å²) in [7, 11) is 0. The Labute approximate surface area is 185 Å². The zero-order chi connectivity index (χ0) is 21.5. The summed E-state index contributed by atoms with van der Waals surface area (Å²) >= 11 is 0. The molecule has 1 spiro atoms. The lowest BCUT2D eigenvalue weighted by atomic mass is 9.45. The zero-order valence-electron chi connectivity index (χ0n) is 20.5. The van der Waals surface area contributed by atoms with Crippen LogP contribution in [0.5, 0.6) is 0 Å². The van der Waals surface area contributed by atoms with E-state index < -0.39 is 0 Å². The third-order valence-corrected chi connectivity index (χ3v) is 12.0. The molecule has 0 N–H and O–H groups in total. The lowest BCUT2D eigenvalue weighted by Gasteiger charge is -2.58. The minimum absolute atomic E-state index is 0.141. The van der Waals surface area contributed by atoms with E-state index in [0.717, 1.165) is 36.0 Å². The van der Waals surface area contributed by atoms with Gasteiger partial charge in [-0.1, -0.05) is 53.7 Å². The SMILES string of the molecule is CC[C@H](/C=C/[C@@H](C)[C@H]1CC[C@H]2[C@@H]3CC(=O)[C@]45C[C@@H]4CC[C@]5(C)[C@H]3CC[C@]12C)C(C)C. The Kier molecular flexibility index (Phi) is 4.93. The molecule has 5 aliphatic carbocycles. The summed E-state index contributed by atoms with van der Waals surface area (Å²) in [5, 5.41) is 0. The monoisotopic (exact) mass is 410 g/mol. The minimum Gasteiger partial charge on any atom is -0.299 e. The van der Waals surface area contributed by atoms with Gasteiger partial charge in [0, 0.05) is 11.8 Å². The van der Waals surface area contributed by atoms with E-state index >= 15 is 0 Å². The highest BCUT2D eigenvalue weighted by Gasteiger charge is 2.77. The van der Waals surface area contributed by atoms with Crippen LogP contribution in [0.25, 0.3) is 0 Å². The highest BCUT2D eigenvalue weighted by Crippen LogP contribution is 2.80. The van der Waals surface area contributed by atoms with Crippen molar-refractivity contribution < 1.29 is 4.79 Å². The molecule has 5 aliphatic rings.